The summed E-state index contributed by atoms with van der Waals surface area (Å²) in [7, 11) is 0. The van der Waals surface area contributed by atoms with Gasteiger partial charge in [-0.1, -0.05) is 289 Å². The average Bonchev–Trinajstić information content (AvgIpc) is 3.34. The fraction of sp³-hybridized carbons (Fsp3) is 0.887. The molecule has 0 aliphatic rings. The molecule has 0 bridgehead atoms. The highest BCUT2D eigenvalue weighted by Gasteiger charge is 2.19. The van der Waals surface area contributed by atoms with Crippen molar-refractivity contribution in [2.45, 2.75) is 341 Å². The molecular formula is C62H116O6. The number of hydrogen-bond donors (Lipinski definition) is 0. The molecule has 0 radical (unpaired) electrons. The second-order valence-corrected chi connectivity index (χ2v) is 20.6. The first-order valence-electron chi connectivity index (χ1n) is 30.3. The Morgan fingerprint density at radius 2 is 0.529 bits per heavy atom. The summed E-state index contributed by atoms with van der Waals surface area (Å²) in [6.45, 7) is 6.66. The van der Waals surface area contributed by atoms with E-state index < -0.39 is 6.10 Å². The Hall–Kier alpha value is -2.11. The van der Waals surface area contributed by atoms with Crippen LogP contribution in [0.2, 0.25) is 0 Å². The van der Waals surface area contributed by atoms with Crippen LogP contribution >= 0.6 is 0 Å². The van der Waals surface area contributed by atoms with E-state index in [1.165, 1.54) is 231 Å². The monoisotopic (exact) mass is 957 g/mol. The number of ether oxygens (including phenoxy) is 3. The van der Waals surface area contributed by atoms with Crippen LogP contribution in [0.3, 0.4) is 0 Å². The Bertz CT molecular complexity index is 1100. The van der Waals surface area contributed by atoms with Crippen molar-refractivity contribution in [3.8, 4) is 0 Å². The van der Waals surface area contributed by atoms with E-state index in [0.717, 1.165) is 64.2 Å². The van der Waals surface area contributed by atoms with Gasteiger partial charge in [-0.15, -0.1) is 0 Å². The highest BCUT2D eigenvalue weighted by molar-refractivity contribution is 5.71. The smallest absolute Gasteiger partial charge is 0.306 e. The second-order valence-electron chi connectivity index (χ2n) is 20.6. The molecule has 0 aliphatic heterocycles. The first-order chi connectivity index (χ1) is 33.5. The Morgan fingerprint density at radius 3 is 0.838 bits per heavy atom. The molecule has 0 heterocycles. The van der Waals surface area contributed by atoms with Gasteiger partial charge in [-0.2, -0.15) is 0 Å². The van der Waals surface area contributed by atoms with Crippen molar-refractivity contribution >= 4 is 17.9 Å². The van der Waals surface area contributed by atoms with E-state index >= 15 is 0 Å². The van der Waals surface area contributed by atoms with Gasteiger partial charge in [-0.25, -0.2) is 0 Å². The minimum Gasteiger partial charge on any atom is -0.462 e. The van der Waals surface area contributed by atoms with Gasteiger partial charge >= 0.3 is 17.9 Å². The summed E-state index contributed by atoms with van der Waals surface area (Å²) in [5.41, 5.74) is 0. The Balaban J connectivity index is 4.23. The van der Waals surface area contributed by atoms with Gasteiger partial charge in [0.2, 0.25) is 0 Å². The molecule has 68 heavy (non-hydrogen) atoms. The van der Waals surface area contributed by atoms with E-state index in [-0.39, 0.29) is 31.1 Å². The molecule has 0 aliphatic carbocycles. The van der Waals surface area contributed by atoms with Crippen molar-refractivity contribution in [2.24, 2.45) is 0 Å². The van der Waals surface area contributed by atoms with Gasteiger partial charge in [0.15, 0.2) is 6.10 Å². The van der Waals surface area contributed by atoms with Gasteiger partial charge in [-0.3, -0.25) is 14.4 Å². The van der Waals surface area contributed by atoms with E-state index in [2.05, 4.69) is 45.1 Å². The van der Waals surface area contributed by atoms with E-state index in [1.54, 1.807) is 0 Å². The molecule has 0 aromatic carbocycles. The van der Waals surface area contributed by atoms with Crippen LogP contribution in [0, 0.1) is 0 Å². The molecule has 0 N–H and O–H groups in total. The van der Waals surface area contributed by atoms with Gasteiger partial charge in [0.25, 0.3) is 0 Å². The molecule has 1 unspecified atom stereocenters. The normalized spacial score (nSPS) is 12.1. The molecule has 0 amide bonds. The molecular weight excluding hydrogens is 841 g/mol. The first-order valence-corrected chi connectivity index (χ1v) is 30.3. The highest BCUT2D eigenvalue weighted by Crippen LogP contribution is 2.17. The first kappa shape index (κ1) is 65.9. The molecule has 6 nitrogen and oxygen atoms in total. The number of carbonyl (C=O) groups excluding carboxylic acids is 3. The third-order valence-corrected chi connectivity index (χ3v) is 13.7. The summed E-state index contributed by atoms with van der Waals surface area (Å²) < 4.78 is 16.9. The second kappa shape index (κ2) is 57.5. The number of allylic oxidation sites excluding steroid dienone is 4. The third-order valence-electron chi connectivity index (χ3n) is 13.7. The fourth-order valence-corrected chi connectivity index (χ4v) is 9.12. The zero-order chi connectivity index (χ0) is 49.3. The zero-order valence-corrected chi connectivity index (χ0v) is 45.9. The van der Waals surface area contributed by atoms with Gasteiger partial charge in [0.1, 0.15) is 13.2 Å². The van der Waals surface area contributed by atoms with Crippen LogP contribution in [-0.4, -0.2) is 37.2 Å². The summed E-state index contributed by atoms with van der Waals surface area (Å²) in [6.07, 6.45) is 67.5. The molecule has 0 saturated heterocycles. The molecule has 0 aromatic heterocycles. The van der Waals surface area contributed by atoms with Crippen molar-refractivity contribution in [2.75, 3.05) is 13.2 Å². The van der Waals surface area contributed by atoms with Crippen LogP contribution in [0.5, 0.6) is 0 Å². The number of unbranched alkanes of at least 4 members (excludes halogenated alkanes) is 41. The largest absolute Gasteiger partial charge is 0.462 e. The molecule has 0 saturated carbocycles. The summed E-state index contributed by atoms with van der Waals surface area (Å²) in [5, 5.41) is 0. The number of esters is 3. The Morgan fingerprint density at radius 1 is 0.294 bits per heavy atom. The number of carbonyl (C=O) groups is 3. The summed E-state index contributed by atoms with van der Waals surface area (Å²) in [5.74, 6) is -0.850. The SMILES string of the molecule is CCCCC/C=C\C/C=C\CCCCCCCCCCCC(=O)OC(COC(=O)CCCCCCCCCCCC)COC(=O)CCCCCCCCCCCCCCCCCCCCCCC. The third kappa shape index (κ3) is 54.8. The molecule has 1 atom stereocenters. The standard InChI is InChI=1S/C62H116O6/c1-4-7-10-13-16-19-22-24-26-28-30-31-33-34-36-38-40-43-46-49-52-55-61(64)67-58-59(57-66-60(63)54-51-48-45-42-21-18-15-12-9-6-3)68-62(65)56-53-50-47-44-41-39-37-35-32-29-27-25-23-20-17-14-11-8-5-2/h17,20,25,27,59H,4-16,18-19,21-24,26,28-58H2,1-3H3/b20-17-,27-25-. The minimum atomic E-state index is -0.768. The van der Waals surface area contributed by atoms with Crippen molar-refractivity contribution in [3.63, 3.8) is 0 Å². The molecule has 0 spiro atoms. The highest BCUT2D eigenvalue weighted by atomic mass is 16.6. The lowest BCUT2D eigenvalue weighted by atomic mass is 10.0. The van der Waals surface area contributed by atoms with Crippen molar-refractivity contribution in [1.82, 2.24) is 0 Å². The van der Waals surface area contributed by atoms with Crippen molar-refractivity contribution in [1.29, 1.82) is 0 Å². The van der Waals surface area contributed by atoms with Crippen molar-refractivity contribution in [3.05, 3.63) is 24.3 Å². The van der Waals surface area contributed by atoms with E-state index in [1.807, 2.05) is 0 Å². The quantitative estimate of drug-likeness (QED) is 0.0262. The average molecular weight is 958 g/mol. The minimum absolute atomic E-state index is 0.0673. The lowest BCUT2D eigenvalue weighted by molar-refractivity contribution is -0.167. The van der Waals surface area contributed by atoms with Crippen molar-refractivity contribution < 1.29 is 28.6 Å². The maximum atomic E-state index is 12.9. The van der Waals surface area contributed by atoms with Crippen LogP contribution in [0.1, 0.15) is 335 Å². The Kier molecular flexibility index (Phi) is 55.7. The lowest BCUT2D eigenvalue weighted by Gasteiger charge is -2.18. The predicted molar refractivity (Wildman–Crippen MR) is 293 cm³/mol. The molecule has 400 valence electrons. The van der Waals surface area contributed by atoms with E-state index in [4.69, 9.17) is 14.2 Å². The molecule has 0 rings (SSSR count). The maximum Gasteiger partial charge on any atom is 0.306 e. The predicted octanol–water partition coefficient (Wildman–Crippen LogP) is 20.3. The lowest BCUT2D eigenvalue weighted by Crippen LogP contribution is -2.30. The van der Waals surface area contributed by atoms with Crippen LogP contribution in [0.4, 0.5) is 0 Å². The van der Waals surface area contributed by atoms with Crippen LogP contribution in [0.15, 0.2) is 24.3 Å². The molecule has 0 fully saturated rings. The fourth-order valence-electron chi connectivity index (χ4n) is 9.12. The maximum absolute atomic E-state index is 12.9. The van der Waals surface area contributed by atoms with E-state index in [0.29, 0.717) is 19.3 Å². The zero-order valence-electron chi connectivity index (χ0n) is 45.9. The van der Waals surface area contributed by atoms with E-state index in [9.17, 15) is 14.4 Å². The molecule has 6 heteroatoms. The summed E-state index contributed by atoms with van der Waals surface area (Å²) in [4.78, 5) is 38.1. The van der Waals surface area contributed by atoms with Crippen LogP contribution in [-0.2, 0) is 28.6 Å². The number of rotatable bonds is 56. The number of hydrogen-bond acceptors (Lipinski definition) is 6. The van der Waals surface area contributed by atoms with Crippen LogP contribution in [0.25, 0.3) is 0 Å². The van der Waals surface area contributed by atoms with Gasteiger partial charge in [0, 0.05) is 19.3 Å². The van der Waals surface area contributed by atoms with Gasteiger partial charge < -0.3 is 14.2 Å². The summed E-state index contributed by atoms with van der Waals surface area (Å²) in [6, 6.07) is 0. The van der Waals surface area contributed by atoms with Gasteiger partial charge in [-0.05, 0) is 51.4 Å². The topological polar surface area (TPSA) is 78.9 Å². The Labute approximate surface area is 423 Å². The molecule has 0 aromatic rings. The van der Waals surface area contributed by atoms with Crippen LogP contribution < -0.4 is 0 Å². The van der Waals surface area contributed by atoms with Gasteiger partial charge in [0.05, 0.1) is 0 Å². The summed E-state index contributed by atoms with van der Waals surface area (Å²) >= 11 is 0.